The van der Waals surface area contributed by atoms with E-state index in [-0.39, 0.29) is 23.0 Å². The van der Waals surface area contributed by atoms with Crippen LogP contribution in [0.15, 0.2) is 52.6 Å². The van der Waals surface area contributed by atoms with Crippen molar-refractivity contribution in [2.24, 2.45) is 5.92 Å². The van der Waals surface area contributed by atoms with Crippen LogP contribution in [0.3, 0.4) is 0 Å². The van der Waals surface area contributed by atoms with Crippen molar-refractivity contribution >= 4 is 15.8 Å². The zero-order valence-corrected chi connectivity index (χ0v) is 16.8. The van der Waals surface area contributed by atoms with Gasteiger partial charge in [0, 0.05) is 32.3 Å². The normalized spacial score (nSPS) is 26.7. The van der Waals surface area contributed by atoms with Gasteiger partial charge in [0.05, 0.1) is 22.5 Å². The smallest absolute Gasteiger partial charge is 0.383 e. The molecular formula is C20H21F3N2O3S. The van der Waals surface area contributed by atoms with Crippen LogP contribution in [-0.2, 0) is 21.0 Å². The van der Waals surface area contributed by atoms with Crippen molar-refractivity contribution in [2.45, 2.75) is 42.4 Å². The number of alkyl halides is 3. The number of benzene rings is 1. The molecule has 1 aromatic rings. The first-order valence-electron chi connectivity index (χ1n) is 9.34. The van der Waals surface area contributed by atoms with E-state index in [2.05, 4.69) is 0 Å². The van der Waals surface area contributed by atoms with Crippen LogP contribution < -0.4 is 0 Å². The monoisotopic (exact) mass is 426 g/mol. The lowest BCUT2D eigenvalue weighted by atomic mass is 9.93. The van der Waals surface area contributed by atoms with Gasteiger partial charge in [0.15, 0.2) is 5.78 Å². The fourth-order valence-corrected chi connectivity index (χ4v) is 5.83. The predicted octanol–water partition coefficient (Wildman–Crippen LogP) is 3.20. The van der Waals surface area contributed by atoms with Gasteiger partial charge in [0.25, 0.3) is 0 Å². The molecule has 1 aromatic carbocycles. The molecule has 0 radical (unpaired) electrons. The van der Waals surface area contributed by atoms with E-state index < -0.39 is 33.8 Å². The van der Waals surface area contributed by atoms with Gasteiger partial charge in [0.2, 0.25) is 10.0 Å². The Morgan fingerprint density at radius 2 is 1.76 bits per heavy atom. The number of hydrogen-bond acceptors (Lipinski definition) is 4. The van der Waals surface area contributed by atoms with Crippen molar-refractivity contribution in [1.29, 1.82) is 0 Å². The number of nitrogens with zero attached hydrogens (tertiary/aromatic N) is 2. The second-order valence-electron chi connectivity index (χ2n) is 7.94. The van der Waals surface area contributed by atoms with Crippen molar-refractivity contribution in [3.63, 3.8) is 0 Å². The standard InChI is InChI=1S/C20H21F3N2O3S/c1-24(2)11-17-18(26)10-14-9-16(12-3-4-12)19(17)25(14)29(27,28)15-7-5-13(6-8-15)20(21,22)23/h5-9,11-12,14,19H,3-4,10H2,1-2H3. The summed E-state index contributed by atoms with van der Waals surface area (Å²) in [7, 11) is -0.568. The minimum absolute atomic E-state index is 0.0340. The summed E-state index contributed by atoms with van der Waals surface area (Å²) in [6.07, 6.45) is 0.922. The van der Waals surface area contributed by atoms with E-state index in [1.807, 2.05) is 6.08 Å². The van der Waals surface area contributed by atoms with Crippen LogP contribution >= 0.6 is 0 Å². The first-order valence-corrected chi connectivity index (χ1v) is 10.8. The van der Waals surface area contributed by atoms with E-state index in [1.165, 1.54) is 4.31 Å². The Kier molecular flexibility index (Phi) is 4.66. The Hall–Kier alpha value is -2.13. The number of piperidine rings is 1. The first kappa shape index (κ1) is 20.2. The average Bonchev–Trinajstić information content (AvgIpc) is 3.41. The molecule has 156 valence electrons. The van der Waals surface area contributed by atoms with Crippen molar-refractivity contribution in [3.05, 3.63) is 53.3 Å². The van der Waals surface area contributed by atoms with Gasteiger partial charge >= 0.3 is 6.18 Å². The maximum atomic E-state index is 13.4. The Morgan fingerprint density at radius 1 is 1.14 bits per heavy atom. The van der Waals surface area contributed by atoms with E-state index in [9.17, 15) is 26.4 Å². The van der Waals surface area contributed by atoms with Gasteiger partial charge in [-0.25, -0.2) is 8.42 Å². The number of carbonyl (C=O) groups excluding carboxylic acids is 1. The van der Waals surface area contributed by atoms with Crippen LogP contribution in [0.4, 0.5) is 13.2 Å². The fraction of sp³-hybridized carbons (Fsp3) is 0.450. The summed E-state index contributed by atoms with van der Waals surface area (Å²) < 4.78 is 66.6. The third kappa shape index (κ3) is 3.50. The largest absolute Gasteiger partial charge is 0.416 e. The maximum Gasteiger partial charge on any atom is 0.416 e. The molecule has 0 amide bonds. The predicted molar refractivity (Wildman–Crippen MR) is 100 cm³/mol. The van der Waals surface area contributed by atoms with E-state index in [0.717, 1.165) is 42.7 Å². The number of hydrogen-bond donors (Lipinski definition) is 0. The van der Waals surface area contributed by atoms with Gasteiger partial charge in [-0.1, -0.05) is 6.08 Å². The molecule has 0 spiro atoms. The molecule has 2 bridgehead atoms. The minimum atomic E-state index is -4.54. The summed E-state index contributed by atoms with van der Waals surface area (Å²) in [5, 5.41) is 0. The van der Waals surface area contributed by atoms with Crippen LogP contribution in [0.5, 0.6) is 0 Å². The van der Waals surface area contributed by atoms with E-state index in [0.29, 0.717) is 5.57 Å². The molecule has 1 saturated carbocycles. The molecule has 2 atom stereocenters. The Balaban J connectivity index is 1.76. The van der Waals surface area contributed by atoms with Crippen LogP contribution in [0.1, 0.15) is 24.8 Å². The minimum Gasteiger partial charge on any atom is -0.383 e. The molecule has 0 N–H and O–H groups in total. The van der Waals surface area contributed by atoms with Gasteiger partial charge in [-0.15, -0.1) is 0 Å². The molecule has 1 saturated heterocycles. The maximum absolute atomic E-state index is 13.4. The number of ketones is 1. The molecule has 3 aliphatic rings. The number of sulfonamides is 1. The van der Waals surface area contributed by atoms with Crippen molar-refractivity contribution in [2.75, 3.05) is 14.1 Å². The number of halogens is 3. The summed E-state index contributed by atoms with van der Waals surface area (Å²) in [5.41, 5.74) is 0.444. The molecular weight excluding hydrogens is 405 g/mol. The highest BCUT2D eigenvalue weighted by Gasteiger charge is 2.53. The first-order chi connectivity index (χ1) is 13.5. The van der Waals surface area contributed by atoms with Gasteiger partial charge in [-0.2, -0.15) is 17.5 Å². The lowest BCUT2D eigenvalue weighted by Gasteiger charge is -2.36. The second kappa shape index (κ2) is 6.70. The SMILES string of the molecule is CN(C)C=C1C(=O)CC2C=C(C3CC3)C1N2S(=O)(=O)c1ccc(C(F)(F)F)cc1. The molecule has 2 unspecified atom stereocenters. The van der Waals surface area contributed by atoms with Gasteiger partial charge in [-0.05, 0) is 48.6 Å². The Morgan fingerprint density at radius 3 is 2.28 bits per heavy atom. The number of carbonyl (C=O) groups is 1. The molecule has 2 aliphatic heterocycles. The lowest BCUT2D eigenvalue weighted by molar-refractivity contribution is -0.137. The molecule has 4 rings (SSSR count). The quantitative estimate of drug-likeness (QED) is 0.548. The molecule has 0 aromatic heterocycles. The molecule has 2 fully saturated rings. The van der Waals surface area contributed by atoms with Crippen molar-refractivity contribution in [1.82, 2.24) is 9.21 Å². The van der Waals surface area contributed by atoms with Crippen LogP contribution in [0.25, 0.3) is 0 Å². The van der Waals surface area contributed by atoms with E-state index in [1.54, 1.807) is 25.2 Å². The molecule has 1 aliphatic carbocycles. The highest BCUT2D eigenvalue weighted by Crippen LogP contribution is 2.49. The fourth-order valence-electron chi connectivity index (χ4n) is 4.10. The molecule has 29 heavy (non-hydrogen) atoms. The highest BCUT2D eigenvalue weighted by atomic mass is 32.2. The highest BCUT2D eigenvalue weighted by molar-refractivity contribution is 7.89. The van der Waals surface area contributed by atoms with Crippen LogP contribution in [-0.4, -0.2) is 49.6 Å². The average molecular weight is 426 g/mol. The summed E-state index contributed by atoms with van der Waals surface area (Å²) in [6.45, 7) is 0. The Bertz CT molecular complexity index is 1010. The zero-order chi connectivity index (χ0) is 21.1. The molecule has 9 heteroatoms. The third-order valence-electron chi connectivity index (χ3n) is 5.50. The Labute approximate surface area is 167 Å². The summed E-state index contributed by atoms with van der Waals surface area (Å²) in [4.78, 5) is 14.2. The molecule has 2 heterocycles. The number of Topliss-reactive ketones (excluding diaryl/α,β-unsaturated/α-hetero) is 1. The number of rotatable bonds is 4. The topological polar surface area (TPSA) is 57.7 Å². The van der Waals surface area contributed by atoms with E-state index in [4.69, 9.17) is 0 Å². The van der Waals surface area contributed by atoms with Gasteiger partial charge in [0.1, 0.15) is 0 Å². The van der Waals surface area contributed by atoms with Gasteiger partial charge < -0.3 is 4.90 Å². The third-order valence-corrected chi connectivity index (χ3v) is 7.40. The summed E-state index contributed by atoms with van der Waals surface area (Å²) in [5.74, 6) is 0.159. The van der Waals surface area contributed by atoms with Crippen molar-refractivity contribution < 1.29 is 26.4 Å². The van der Waals surface area contributed by atoms with E-state index >= 15 is 0 Å². The number of fused-ring (bicyclic) bond motifs is 2. The lowest BCUT2D eigenvalue weighted by Crippen LogP contribution is -2.50. The van der Waals surface area contributed by atoms with Crippen molar-refractivity contribution in [3.8, 4) is 0 Å². The zero-order valence-electron chi connectivity index (χ0n) is 16.0. The van der Waals surface area contributed by atoms with Crippen LogP contribution in [0.2, 0.25) is 0 Å². The van der Waals surface area contributed by atoms with Gasteiger partial charge in [-0.3, -0.25) is 4.79 Å². The van der Waals surface area contributed by atoms with Crippen LogP contribution in [0, 0.1) is 5.92 Å². The summed E-state index contributed by atoms with van der Waals surface area (Å²) >= 11 is 0. The second-order valence-corrected chi connectivity index (χ2v) is 9.79. The molecule has 5 nitrogen and oxygen atoms in total. The summed E-state index contributed by atoms with van der Waals surface area (Å²) in [6, 6.07) is 2.23.